The van der Waals surface area contributed by atoms with Gasteiger partial charge in [-0.1, -0.05) is 5.21 Å². The van der Waals surface area contributed by atoms with Gasteiger partial charge in [-0.2, -0.15) is 0 Å². The molecule has 2 saturated heterocycles. The molecule has 0 radical (unpaired) electrons. The van der Waals surface area contributed by atoms with Gasteiger partial charge in [0.1, 0.15) is 0 Å². The molecule has 0 saturated carbocycles. The molecule has 3 heterocycles. The van der Waals surface area contributed by atoms with Crippen LogP contribution < -0.4 is 5.73 Å². The van der Waals surface area contributed by atoms with Crippen LogP contribution in [-0.2, 0) is 16.1 Å². The van der Waals surface area contributed by atoms with E-state index in [2.05, 4.69) is 10.3 Å². The minimum absolute atomic E-state index is 0. The number of methoxy groups -OCH3 is 1. The van der Waals surface area contributed by atoms with Crippen LogP contribution in [-0.4, -0.2) is 83.0 Å². The van der Waals surface area contributed by atoms with Crippen molar-refractivity contribution >= 4 is 24.2 Å². The molecular formula is C16H27ClN6O3. The lowest BCUT2D eigenvalue weighted by Gasteiger charge is -2.39. The fourth-order valence-corrected chi connectivity index (χ4v) is 3.79. The van der Waals surface area contributed by atoms with Gasteiger partial charge >= 0.3 is 0 Å². The van der Waals surface area contributed by atoms with Gasteiger partial charge in [-0.05, 0) is 19.3 Å². The molecule has 2 aliphatic heterocycles. The Balaban J connectivity index is 0.00000243. The Morgan fingerprint density at radius 1 is 1.35 bits per heavy atom. The Labute approximate surface area is 159 Å². The van der Waals surface area contributed by atoms with Crippen LogP contribution >= 0.6 is 12.4 Å². The maximum absolute atomic E-state index is 12.9. The van der Waals surface area contributed by atoms with Gasteiger partial charge in [0.2, 0.25) is 5.91 Å². The quantitative estimate of drug-likeness (QED) is 0.723. The van der Waals surface area contributed by atoms with E-state index in [-0.39, 0.29) is 24.2 Å². The van der Waals surface area contributed by atoms with E-state index < -0.39 is 5.41 Å². The van der Waals surface area contributed by atoms with E-state index in [1.165, 1.54) is 0 Å². The fraction of sp³-hybridized carbons (Fsp3) is 0.750. The molecule has 0 aromatic carbocycles. The highest BCUT2D eigenvalue weighted by molar-refractivity contribution is 5.93. The van der Waals surface area contributed by atoms with Crippen LogP contribution in [0, 0.1) is 5.41 Å². The van der Waals surface area contributed by atoms with Crippen LogP contribution in [0.3, 0.4) is 0 Å². The molecule has 9 nitrogen and oxygen atoms in total. The summed E-state index contributed by atoms with van der Waals surface area (Å²) in [7, 11) is 1.64. The molecule has 0 bridgehead atoms. The number of hydrogen-bond acceptors (Lipinski definition) is 6. The lowest BCUT2D eigenvalue weighted by atomic mass is 9.78. The Kier molecular flexibility index (Phi) is 6.96. The van der Waals surface area contributed by atoms with Crippen LogP contribution in [0.2, 0.25) is 0 Å². The number of hydrogen-bond donors (Lipinski definition) is 1. The van der Waals surface area contributed by atoms with E-state index >= 15 is 0 Å². The third-order valence-corrected chi connectivity index (χ3v) is 5.15. The van der Waals surface area contributed by atoms with Gasteiger partial charge in [-0.3, -0.25) is 14.3 Å². The molecular weight excluding hydrogens is 360 g/mol. The third-order valence-electron chi connectivity index (χ3n) is 5.15. The van der Waals surface area contributed by atoms with Gasteiger partial charge in [-0.15, -0.1) is 17.5 Å². The largest absolute Gasteiger partial charge is 0.383 e. The summed E-state index contributed by atoms with van der Waals surface area (Å²) in [5.41, 5.74) is 5.35. The lowest BCUT2D eigenvalue weighted by molar-refractivity contribution is -0.146. The van der Waals surface area contributed by atoms with E-state index in [1.54, 1.807) is 22.9 Å². The molecule has 0 aliphatic carbocycles. The van der Waals surface area contributed by atoms with Crippen LogP contribution in [0.25, 0.3) is 0 Å². The van der Waals surface area contributed by atoms with Gasteiger partial charge in [0, 0.05) is 39.8 Å². The van der Waals surface area contributed by atoms with Crippen molar-refractivity contribution in [3.63, 3.8) is 0 Å². The number of nitrogens with zero attached hydrogens (tertiary/aromatic N) is 5. The summed E-state index contributed by atoms with van der Waals surface area (Å²) in [5, 5.41) is 7.85. The maximum atomic E-state index is 12.9. The summed E-state index contributed by atoms with van der Waals surface area (Å²) in [5.74, 6) is -0.0140. The molecule has 3 rings (SSSR count). The number of piperidine rings is 1. The van der Waals surface area contributed by atoms with Crippen LogP contribution in [0.5, 0.6) is 0 Å². The second-order valence-corrected chi connectivity index (χ2v) is 6.80. The molecule has 2 N–H and O–H groups in total. The van der Waals surface area contributed by atoms with Crippen molar-refractivity contribution in [2.75, 3.05) is 46.4 Å². The van der Waals surface area contributed by atoms with Crippen LogP contribution in [0.1, 0.15) is 29.8 Å². The number of nitrogens with two attached hydrogens (primary N) is 1. The number of amides is 2. The SMILES string of the molecule is COCCN1CCCC2(CCN(C(=O)c3cn(CCN)nn3)C2)C1=O.Cl. The summed E-state index contributed by atoms with van der Waals surface area (Å²) < 4.78 is 6.67. The van der Waals surface area contributed by atoms with E-state index in [1.807, 2.05) is 4.90 Å². The number of halogens is 1. The first-order valence-corrected chi connectivity index (χ1v) is 8.77. The molecule has 2 fully saturated rings. The normalized spacial score (nSPS) is 22.8. The lowest BCUT2D eigenvalue weighted by Crippen LogP contribution is -2.51. The Bertz CT molecular complexity index is 639. The summed E-state index contributed by atoms with van der Waals surface area (Å²) in [4.78, 5) is 29.2. The molecule has 26 heavy (non-hydrogen) atoms. The summed E-state index contributed by atoms with van der Waals surface area (Å²) >= 11 is 0. The van der Waals surface area contributed by atoms with Crippen LogP contribution in [0.15, 0.2) is 6.20 Å². The number of ether oxygens (including phenoxy) is 1. The molecule has 10 heteroatoms. The van der Waals surface area contributed by atoms with Gasteiger partial charge in [0.15, 0.2) is 5.69 Å². The van der Waals surface area contributed by atoms with E-state index in [0.717, 1.165) is 19.4 Å². The Morgan fingerprint density at radius 3 is 2.88 bits per heavy atom. The number of aromatic nitrogens is 3. The highest BCUT2D eigenvalue weighted by atomic mass is 35.5. The van der Waals surface area contributed by atoms with Gasteiger partial charge in [0.05, 0.1) is 24.8 Å². The zero-order chi connectivity index (χ0) is 17.9. The Hall–Kier alpha value is -1.71. The third kappa shape index (κ3) is 3.99. The van der Waals surface area contributed by atoms with E-state index in [0.29, 0.717) is 51.4 Å². The van der Waals surface area contributed by atoms with Crippen molar-refractivity contribution in [3.8, 4) is 0 Å². The highest BCUT2D eigenvalue weighted by Gasteiger charge is 2.49. The maximum Gasteiger partial charge on any atom is 0.276 e. The average molecular weight is 387 g/mol. The van der Waals surface area contributed by atoms with E-state index in [4.69, 9.17) is 10.5 Å². The van der Waals surface area contributed by atoms with Gasteiger partial charge in [0.25, 0.3) is 5.91 Å². The number of carbonyl (C=O) groups is 2. The van der Waals surface area contributed by atoms with Gasteiger partial charge < -0.3 is 20.3 Å². The fourth-order valence-electron chi connectivity index (χ4n) is 3.79. The van der Waals surface area contributed by atoms with Crippen molar-refractivity contribution in [1.82, 2.24) is 24.8 Å². The molecule has 2 aliphatic rings. The Morgan fingerprint density at radius 2 is 2.15 bits per heavy atom. The first kappa shape index (κ1) is 20.6. The number of rotatable bonds is 6. The number of likely N-dealkylation sites (tertiary alicyclic amines) is 2. The molecule has 1 atom stereocenters. The minimum Gasteiger partial charge on any atom is -0.383 e. The minimum atomic E-state index is -0.449. The molecule has 146 valence electrons. The summed E-state index contributed by atoms with van der Waals surface area (Å²) in [6, 6.07) is 0. The second-order valence-electron chi connectivity index (χ2n) is 6.80. The predicted octanol–water partition coefficient (Wildman–Crippen LogP) is -0.240. The summed E-state index contributed by atoms with van der Waals surface area (Å²) in [6.45, 7) is 3.91. The van der Waals surface area contributed by atoms with Crippen molar-refractivity contribution in [2.24, 2.45) is 11.1 Å². The topological polar surface area (TPSA) is 107 Å². The van der Waals surface area contributed by atoms with Crippen molar-refractivity contribution < 1.29 is 14.3 Å². The molecule has 2 amide bonds. The monoisotopic (exact) mass is 386 g/mol. The first-order valence-electron chi connectivity index (χ1n) is 8.77. The van der Waals surface area contributed by atoms with Crippen molar-refractivity contribution in [2.45, 2.75) is 25.8 Å². The molecule has 1 aromatic heterocycles. The van der Waals surface area contributed by atoms with Gasteiger partial charge in [-0.25, -0.2) is 0 Å². The molecule has 1 aromatic rings. The molecule has 1 unspecified atom stereocenters. The summed E-state index contributed by atoms with van der Waals surface area (Å²) in [6.07, 6.45) is 4.12. The first-order chi connectivity index (χ1) is 12.1. The zero-order valence-corrected chi connectivity index (χ0v) is 15.9. The smallest absolute Gasteiger partial charge is 0.276 e. The van der Waals surface area contributed by atoms with E-state index in [9.17, 15) is 9.59 Å². The van der Waals surface area contributed by atoms with Crippen molar-refractivity contribution in [1.29, 1.82) is 0 Å². The zero-order valence-electron chi connectivity index (χ0n) is 15.1. The molecule has 1 spiro atoms. The number of carbonyl (C=O) groups excluding carboxylic acids is 2. The second kappa shape index (κ2) is 8.79. The average Bonchev–Trinajstić information content (AvgIpc) is 3.24. The standard InChI is InChI=1S/C16H26N6O3.ClH/c1-25-10-9-20-6-2-3-16(15(20)24)4-7-21(12-16)14(23)13-11-22(8-5-17)19-18-13;/h11H,2-10,12,17H2,1H3;1H. The van der Waals surface area contributed by atoms with Crippen LogP contribution in [0.4, 0.5) is 0 Å². The van der Waals surface area contributed by atoms with Crippen molar-refractivity contribution in [3.05, 3.63) is 11.9 Å². The predicted molar refractivity (Wildman–Crippen MR) is 97.0 cm³/mol. The highest BCUT2D eigenvalue weighted by Crippen LogP contribution is 2.40.